The molecule has 3 aromatic carbocycles. The van der Waals surface area contributed by atoms with Gasteiger partial charge in [-0.05, 0) is 58.0 Å². The molecule has 26 heavy (non-hydrogen) atoms. The second kappa shape index (κ2) is 6.59. The Balaban J connectivity index is 2.10. The molecule has 0 radical (unpaired) electrons. The van der Waals surface area contributed by atoms with E-state index in [1.165, 1.54) is 38.6 Å². The Morgan fingerprint density at radius 1 is 0.846 bits per heavy atom. The van der Waals surface area contributed by atoms with E-state index in [0.717, 1.165) is 11.1 Å². The minimum atomic E-state index is 0.0453. The van der Waals surface area contributed by atoms with Gasteiger partial charge in [-0.15, -0.1) is 0 Å². The predicted octanol–water partition coefficient (Wildman–Crippen LogP) is 6.37. The lowest BCUT2D eigenvalue weighted by Crippen LogP contribution is -1.99. The molecule has 1 aliphatic rings. The van der Waals surface area contributed by atoms with Crippen molar-refractivity contribution in [3.8, 4) is 11.1 Å². The molecule has 4 rings (SSSR count). The smallest absolute Gasteiger partial charge is 0.0687 e. The second-order valence-electron chi connectivity index (χ2n) is 7.20. The number of hydrogen-bond acceptors (Lipinski definition) is 1. The van der Waals surface area contributed by atoms with Crippen LogP contribution in [-0.4, -0.2) is 5.11 Å². The molecule has 130 valence electrons. The van der Waals surface area contributed by atoms with Gasteiger partial charge in [0.15, 0.2) is 0 Å². The van der Waals surface area contributed by atoms with Crippen LogP contribution in [0.4, 0.5) is 0 Å². The van der Waals surface area contributed by atoms with Crippen LogP contribution in [0.25, 0.3) is 27.5 Å². The monoisotopic (exact) mass is 340 g/mol. The Morgan fingerprint density at radius 3 is 2.31 bits per heavy atom. The normalized spacial score (nSPS) is 17.1. The largest absolute Gasteiger partial charge is 0.392 e. The van der Waals surface area contributed by atoms with Gasteiger partial charge < -0.3 is 5.11 Å². The van der Waals surface area contributed by atoms with Gasteiger partial charge in [0.25, 0.3) is 0 Å². The molecule has 3 aromatic rings. The molecular formula is C25H24O. The molecule has 1 N–H and O–H groups in total. The number of hydrogen-bond donors (Lipinski definition) is 1. The summed E-state index contributed by atoms with van der Waals surface area (Å²) in [6.07, 6.45) is 2.35. The first kappa shape index (κ1) is 16.8. The highest BCUT2D eigenvalue weighted by Crippen LogP contribution is 2.44. The number of benzene rings is 3. The third-order valence-electron chi connectivity index (χ3n) is 5.63. The lowest BCUT2D eigenvalue weighted by atomic mass is 9.84. The van der Waals surface area contributed by atoms with Gasteiger partial charge in [-0.1, -0.05) is 79.2 Å². The highest BCUT2D eigenvalue weighted by Gasteiger charge is 2.24. The molecule has 0 spiro atoms. The molecule has 1 unspecified atom stereocenters. The van der Waals surface area contributed by atoms with Crippen molar-refractivity contribution in [1.29, 1.82) is 0 Å². The van der Waals surface area contributed by atoms with Crippen molar-refractivity contribution < 1.29 is 5.11 Å². The standard InChI is InChI=1S/C25H24O/c1-16-14-17(2)24(18(16)3)23-13-12-19-8-4-6-10-21(19)25(23)22-11-7-5-9-20(22)15-26/h4-14,17,26H,15H2,1-3H3. The molecule has 0 saturated heterocycles. The van der Waals surface area contributed by atoms with Crippen molar-refractivity contribution in [2.24, 2.45) is 5.92 Å². The molecule has 0 aromatic heterocycles. The third kappa shape index (κ3) is 2.60. The summed E-state index contributed by atoms with van der Waals surface area (Å²) in [5.41, 5.74) is 8.74. The van der Waals surface area contributed by atoms with Crippen LogP contribution in [0, 0.1) is 5.92 Å². The van der Waals surface area contributed by atoms with Crippen LogP contribution >= 0.6 is 0 Å². The lowest BCUT2D eigenvalue weighted by molar-refractivity contribution is 0.282. The van der Waals surface area contributed by atoms with E-state index in [4.69, 9.17) is 0 Å². The molecule has 1 heteroatoms. The van der Waals surface area contributed by atoms with Crippen LogP contribution in [0.1, 0.15) is 31.9 Å². The highest BCUT2D eigenvalue weighted by atomic mass is 16.3. The Hall–Kier alpha value is -2.64. The van der Waals surface area contributed by atoms with Gasteiger partial charge in [-0.2, -0.15) is 0 Å². The summed E-state index contributed by atoms with van der Waals surface area (Å²) in [5, 5.41) is 12.4. The van der Waals surface area contributed by atoms with Crippen molar-refractivity contribution in [3.05, 3.63) is 89.0 Å². The predicted molar refractivity (Wildman–Crippen MR) is 111 cm³/mol. The number of aliphatic hydroxyl groups is 1. The van der Waals surface area contributed by atoms with Crippen molar-refractivity contribution in [2.45, 2.75) is 27.4 Å². The average molecular weight is 340 g/mol. The average Bonchev–Trinajstić information content (AvgIpc) is 2.92. The van der Waals surface area contributed by atoms with Crippen LogP contribution in [0.15, 0.2) is 77.9 Å². The summed E-state index contributed by atoms with van der Waals surface area (Å²) in [7, 11) is 0. The summed E-state index contributed by atoms with van der Waals surface area (Å²) >= 11 is 0. The number of rotatable bonds is 3. The van der Waals surface area contributed by atoms with Crippen molar-refractivity contribution >= 4 is 16.3 Å². The van der Waals surface area contributed by atoms with Crippen molar-refractivity contribution in [1.82, 2.24) is 0 Å². The van der Waals surface area contributed by atoms with Crippen LogP contribution in [-0.2, 0) is 6.61 Å². The van der Waals surface area contributed by atoms with Gasteiger partial charge >= 0.3 is 0 Å². The number of allylic oxidation sites excluding steroid dienone is 4. The zero-order valence-corrected chi connectivity index (χ0v) is 15.6. The first-order valence-electron chi connectivity index (χ1n) is 9.22. The summed E-state index contributed by atoms with van der Waals surface area (Å²) in [6, 6.07) is 21.2. The molecular weight excluding hydrogens is 316 g/mol. The Labute approximate surface area is 155 Å². The van der Waals surface area contributed by atoms with Crippen LogP contribution in [0.3, 0.4) is 0 Å². The first-order chi connectivity index (χ1) is 12.6. The Bertz CT molecular complexity index is 1050. The summed E-state index contributed by atoms with van der Waals surface area (Å²) in [6.45, 7) is 6.73. The van der Waals surface area contributed by atoms with Crippen LogP contribution in [0.2, 0.25) is 0 Å². The van der Waals surface area contributed by atoms with Crippen LogP contribution < -0.4 is 0 Å². The third-order valence-corrected chi connectivity index (χ3v) is 5.63. The van der Waals surface area contributed by atoms with Gasteiger partial charge in [0.2, 0.25) is 0 Å². The van der Waals surface area contributed by atoms with E-state index >= 15 is 0 Å². The van der Waals surface area contributed by atoms with Gasteiger partial charge in [-0.25, -0.2) is 0 Å². The molecule has 0 saturated carbocycles. The maximum absolute atomic E-state index is 9.93. The molecule has 0 heterocycles. The lowest BCUT2D eigenvalue weighted by Gasteiger charge is -2.20. The van der Waals surface area contributed by atoms with Gasteiger partial charge in [0.1, 0.15) is 0 Å². The van der Waals surface area contributed by atoms with E-state index in [2.05, 4.69) is 75.4 Å². The number of fused-ring (bicyclic) bond motifs is 1. The van der Waals surface area contributed by atoms with Crippen molar-refractivity contribution in [2.75, 3.05) is 0 Å². The Morgan fingerprint density at radius 2 is 1.58 bits per heavy atom. The molecule has 1 atom stereocenters. The minimum Gasteiger partial charge on any atom is -0.392 e. The fourth-order valence-electron chi connectivity index (χ4n) is 4.27. The summed E-state index contributed by atoms with van der Waals surface area (Å²) < 4.78 is 0. The molecule has 0 bridgehead atoms. The number of aliphatic hydroxyl groups excluding tert-OH is 1. The molecule has 1 nitrogen and oxygen atoms in total. The zero-order chi connectivity index (χ0) is 18.3. The quantitative estimate of drug-likeness (QED) is 0.587. The van der Waals surface area contributed by atoms with E-state index in [-0.39, 0.29) is 6.61 Å². The molecule has 1 aliphatic carbocycles. The fourth-order valence-corrected chi connectivity index (χ4v) is 4.27. The van der Waals surface area contributed by atoms with E-state index in [0.29, 0.717) is 5.92 Å². The zero-order valence-electron chi connectivity index (χ0n) is 15.6. The summed E-state index contributed by atoms with van der Waals surface area (Å²) in [4.78, 5) is 0. The SMILES string of the molecule is CC1=CC(C)C(c2ccc3ccccc3c2-c2ccccc2CO)=C1C. The van der Waals surface area contributed by atoms with Crippen molar-refractivity contribution in [3.63, 3.8) is 0 Å². The topological polar surface area (TPSA) is 20.2 Å². The maximum Gasteiger partial charge on any atom is 0.0687 e. The molecule has 0 fully saturated rings. The van der Waals surface area contributed by atoms with E-state index in [1.807, 2.05) is 12.1 Å². The van der Waals surface area contributed by atoms with Gasteiger partial charge in [-0.3, -0.25) is 0 Å². The van der Waals surface area contributed by atoms with E-state index in [9.17, 15) is 5.11 Å². The summed E-state index contributed by atoms with van der Waals surface area (Å²) in [5.74, 6) is 0.399. The van der Waals surface area contributed by atoms with E-state index < -0.39 is 0 Å². The fraction of sp³-hybridized carbons (Fsp3) is 0.200. The maximum atomic E-state index is 9.93. The van der Waals surface area contributed by atoms with E-state index in [1.54, 1.807) is 0 Å². The van der Waals surface area contributed by atoms with Gasteiger partial charge in [0.05, 0.1) is 6.61 Å². The molecule has 0 amide bonds. The Kier molecular flexibility index (Phi) is 4.26. The van der Waals surface area contributed by atoms with Gasteiger partial charge in [0, 0.05) is 5.92 Å². The van der Waals surface area contributed by atoms with Crippen LogP contribution in [0.5, 0.6) is 0 Å². The minimum absolute atomic E-state index is 0.0453. The first-order valence-corrected chi connectivity index (χ1v) is 9.22. The molecule has 0 aliphatic heterocycles. The second-order valence-corrected chi connectivity index (χ2v) is 7.20. The highest BCUT2D eigenvalue weighted by molar-refractivity contribution is 6.04.